The fraction of sp³-hybridized carbons (Fsp3) is 0.250. The molecule has 1 N–H and O–H groups in total. The van der Waals surface area contributed by atoms with Crippen molar-refractivity contribution in [2.24, 2.45) is 0 Å². The monoisotopic (exact) mass is 365 g/mol. The number of rotatable bonds is 5. The summed E-state index contributed by atoms with van der Waals surface area (Å²) in [4.78, 5) is 27.2. The minimum absolute atomic E-state index is 0.138. The second-order valence-electron chi connectivity index (χ2n) is 6.48. The van der Waals surface area contributed by atoms with Crippen molar-refractivity contribution in [2.75, 3.05) is 6.61 Å². The van der Waals surface area contributed by atoms with E-state index in [0.29, 0.717) is 30.2 Å². The molecule has 138 valence electrons. The van der Waals surface area contributed by atoms with E-state index in [1.54, 1.807) is 23.9 Å². The smallest absolute Gasteiger partial charge is 0.312 e. The number of aromatic amines is 1. The van der Waals surface area contributed by atoms with Gasteiger partial charge in [0, 0.05) is 30.1 Å². The van der Waals surface area contributed by atoms with E-state index in [-0.39, 0.29) is 23.9 Å². The fourth-order valence-electron chi connectivity index (χ4n) is 3.29. The van der Waals surface area contributed by atoms with Gasteiger partial charge in [-0.25, -0.2) is 0 Å². The number of H-pyrrole nitrogens is 1. The molecule has 1 aliphatic heterocycles. The van der Waals surface area contributed by atoms with Crippen molar-refractivity contribution in [1.82, 2.24) is 14.8 Å². The molecule has 0 saturated carbocycles. The zero-order valence-electron chi connectivity index (χ0n) is 14.8. The molecule has 0 bridgehead atoms. The molecule has 2 aromatic heterocycles. The summed E-state index contributed by atoms with van der Waals surface area (Å²) in [7, 11) is 0. The number of carbonyl (C=O) groups is 1. The molecule has 3 aromatic rings. The third kappa shape index (κ3) is 3.62. The maximum Gasteiger partial charge on any atom is 0.312 e. The van der Waals surface area contributed by atoms with Crippen LogP contribution < -0.4 is 15.0 Å². The minimum atomic E-state index is -0.336. The molecule has 0 amide bonds. The van der Waals surface area contributed by atoms with Crippen LogP contribution in [0.2, 0.25) is 0 Å². The molecule has 7 heteroatoms. The van der Waals surface area contributed by atoms with Crippen molar-refractivity contribution in [3.63, 3.8) is 0 Å². The first-order chi connectivity index (χ1) is 13.1. The average molecular weight is 365 g/mol. The highest BCUT2D eigenvalue weighted by Gasteiger charge is 2.31. The van der Waals surface area contributed by atoms with Crippen LogP contribution in [0.15, 0.2) is 53.6 Å². The van der Waals surface area contributed by atoms with Gasteiger partial charge in [-0.2, -0.15) is 5.10 Å². The summed E-state index contributed by atoms with van der Waals surface area (Å²) in [5, 5.41) is 4.13. The Morgan fingerprint density at radius 1 is 1.30 bits per heavy atom. The summed E-state index contributed by atoms with van der Waals surface area (Å²) in [5.41, 5.74) is 1.81. The molecule has 0 radical (unpaired) electrons. The highest BCUT2D eigenvalue weighted by Crippen LogP contribution is 2.36. The first kappa shape index (κ1) is 17.1. The number of hydrogen-bond acceptors (Lipinski definition) is 5. The lowest BCUT2D eigenvalue weighted by atomic mass is 9.87. The molecule has 0 saturated heterocycles. The lowest BCUT2D eigenvalue weighted by molar-refractivity contribution is -0.135. The van der Waals surface area contributed by atoms with Crippen molar-refractivity contribution in [3.8, 4) is 11.5 Å². The van der Waals surface area contributed by atoms with E-state index in [2.05, 4.69) is 10.1 Å². The summed E-state index contributed by atoms with van der Waals surface area (Å²) in [5.74, 6) is 0.403. The van der Waals surface area contributed by atoms with E-state index in [9.17, 15) is 9.59 Å². The molecule has 7 nitrogen and oxygen atoms in total. The van der Waals surface area contributed by atoms with E-state index in [1.807, 2.05) is 36.5 Å². The van der Waals surface area contributed by atoms with Crippen LogP contribution in [0.3, 0.4) is 0 Å². The SMILES string of the molecule is Cc1cc2c(c(=O)[nH]1)[C@H](c1ccc(OCCn3cccn3)cc1)CC(=O)O2. The van der Waals surface area contributed by atoms with Crippen LogP contribution in [0.25, 0.3) is 0 Å². The van der Waals surface area contributed by atoms with Crippen LogP contribution >= 0.6 is 0 Å². The Hall–Kier alpha value is -3.35. The van der Waals surface area contributed by atoms with Crippen molar-refractivity contribution >= 4 is 5.97 Å². The van der Waals surface area contributed by atoms with Crippen molar-refractivity contribution in [2.45, 2.75) is 25.8 Å². The highest BCUT2D eigenvalue weighted by atomic mass is 16.5. The van der Waals surface area contributed by atoms with Gasteiger partial charge in [-0.1, -0.05) is 12.1 Å². The third-order valence-electron chi connectivity index (χ3n) is 4.54. The standard InChI is InChI=1S/C20H19N3O4/c1-13-11-17-19(20(25)22-13)16(12-18(24)27-17)14-3-5-15(6-4-14)26-10-9-23-8-2-7-21-23/h2-8,11,16H,9-10,12H2,1H3,(H,22,25)/t16-/m0/s1. The van der Waals surface area contributed by atoms with Crippen LogP contribution in [0, 0.1) is 6.92 Å². The number of pyridine rings is 1. The van der Waals surface area contributed by atoms with Crippen molar-refractivity contribution < 1.29 is 14.3 Å². The summed E-state index contributed by atoms with van der Waals surface area (Å²) < 4.78 is 12.8. The molecule has 1 aromatic carbocycles. The van der Waals surface area contributed by atoms with Crippen LogP contribution in [0.4, 0.5) is 0 Å². The first-order valence-electron chi connectivity index (χ1n) is 8.75. The highest BCUT2D eigenvalue weighted by molar-refractivity contribution is 5.77. The molecule has 4 rings (SSSR count). The van der Waals surface area contributed by atoms with Crippen LogP contribution in [0.1, 0.15) is 29.2 Å². The van der Waals surface area contributed by atoms with E-state index in [4.69, 9.17) is 9.47 Å². The summed E-state index contributed by atoms with van der Waals surface area (Å²) in [6.07, 6.45) is 3.74. The number of nitrogens with zero attached hydrogens (tertiary/aromatic N) is 2. The Morgan fingerprint density at radius 3 is 2.85 bits per heavy atom. The zero-order chi connectivity index (χ0) is 18.8. The van der Waals surface area contributed by atoms with Gasteiger partial charge in [0.15, 0.2) is 0 Å². The molecule has 0 aliphatic carbocycles. The van der Waals surface area contributed by atoms with Gasteiger partial charge in [0.25, 0.3) is 5.56 Å². The number of ether oxygens (including phenoxy) is 2. The average Bonchev–Trinajstić information content (AvgIpc) is 3.14. The number of nitrogens with one attached hydrogen (secondary N) is 1. The molecule has 0 spiro atoms. The van der Waals surface area contributed by atoms with Gasteiger partial charge >= 0.3 is 5.97 Å². The number of fused-ring (bicyclic) bond motifs is 1. The first-order valence-corrected chi connectivity index (χ1v) is 8.75. The van der Waals surface area contributed by atoms with Gasteiger partial charge in [-0.05, 0) is 30.7 Å². The van der Waals surface area contributed by atoms with Gasteiger partial charge in [-0.3, -0.25) is 14.3 Å². The Balaban J connectivity index is 1.52. The topological polar surface area (TPSA) is 86.2 Å². The van der Waals surface area contributed by atoms with Crippen LogP contribution in [-0.4, -0.2) is 27.3 Å². The Labute approximate surface area is 155 Å². The zero-order valence-corrected chi connectivity index (χ0v) is 14.8. The largest absolute Gasteiger partial charge is 0.492 e. The molecule has 27 heavy (non-hydrogen) atoms. The molecule has 1 atom stereocenters. The minimum Gasteiger partial charge on any atom is -0.492 e. The van der Waals surface area contributed by atoms with Crippen molar-refractivity contribution in [1.29, 1.82) is 0 Å². The van der Waals surface area contributed by atoms with Crippen LogP contribution in [0.5, 0.6) is 11.5 Å². The Bertz CT molecular complexity index is 1010. The van der Waals surface area contributed by atoms with Gasteiger partial charge in [0.05, 0.1) is 18.5 Å². The fourth-order valence-corrected chi connectivity index (χ4v) is 3.29. The van der Waals surface area contributed by atoms with E-state index < -0.39 is 0 Å². The number of benzene rings is 1. The predicted octanol–water partition coefficient (Wildman–Crippen LogP) is 2.40. The quantitative estimate of drug-likeness (QED) is 0.702. The molecular formula is C20H19N3O4. The van der Waals surface area contributed by atoms with E-state index in [1.165, 1.54) is 0 Å². The van der Waals surface area contributed by atoms with Crippen LogP contribution in [-0.2, 0) is 11.3 Å². The second kappa shape index (κ2) is 7.11. The number of aryl methyl sites for hydroxylation is 1. The van der Waals surface area contributed by atoms with Gasteiger partial charge in [0.2, 0.25) is 0 Å². The maximum absolute atomic E-state index is 12.4. The Kier molecular flexibility index (Phi) is 4.50. The molecule has 0 fully saturated rings. The number of hydrogen-bond donors (Lipinski definition) is 1. The lowest BCUT2D eigenvalue weighted by Crippen LogP contribution is -2.28. The predicted molar refractivity (Wildman–Crippen MR) is 98.1 cm³/mol. The normalized spacial score (nSPS) is 15.9. The third-order valence-corrected chi connectivity index (χ3v) is 4.54. The maximum atomic E-state index is 12.4. The van der Waals surface area contributed by atoms with E-state index in [0.717, 1.165) is 11.3 Å². The van der Waals surface area contributed by atoms with E-state index >= 15 is 0 Å². The summed E-state index contributed by atoms with van der Waals surface area (Å²) in [6.45, 7) is 2.92. The van der Waals surface area contributed by atoms with Crippen molar-refractivity contribution in [3.05, 3.63) is 76.0 Å². The van der Waals surface area contributed by atoms with Gasteiger partial charge in [-0.15, -0.1) is 0 Å². The number of carbonyl (C=O) groups excluding carboxylic acids is 1. The summed E-state index contributed by atoms with van der Waals surface area (Å²) >= 11 is 0. The Morgan fingerprint density at radius 2 is 2.11 bits per heavy atom. The molecule has 3 heterocycles. The second-order valence-corrected chi connectivity index (χ2v) is 6.48. The molecular weight excluding hydrogens is 346 g/mol. The summed E-state index contributed by atoms with van der Waals surface area (Å²) in [6, 6.07) is 11.0. The van der Waals surface area contributed by atoms with Gasteiger partial charge in [0.1, 0.15) is 18.1 Å². The number of esters is 1. The molecule has 1 aliphatic rings. The lowest BCUT2D eigenvalue weighted by Gasteiger charge is -2.24. The number of aromatic nitrogens is 3. The molecule has 0 unspecified atom stereocenters. The van der Waals surface area contributed by atoms with Gasteiger partial charge < -0.3 is 14.5 Å².